The van der Waals surface area contributed by atoms with E-state index < -0.39 is 40.5 Å². The fourth-order valence-electron chi connectivity index (χ4n) is 3.82. The Bertz CT molecular complexity index is 613. The molecule has 0 spiro atoms. The van der Waals surface area contributed by atoms with Crippen molar-refractivity contribution in [1.29, 1.82) is 0 Å². The van der Waals surface area contributed by atoms with E-state index in [1.807, 2.05) is 13.8 Å². The van der Waals surface area contributed by atoms with E-state index in [-0.39, 0.29) is 23.8 Å². The van der Waals surface area contributed by atoms with Gasteiger partial charge in [0.2, 0.25) is 5.91 Å². The van der Waals surface area contributed by atoms with Crippen LogP contribution in [0.1, 0.15) is 34.6 Å². The minimum absolute atomic E-state index is 0.0488. The van der Waals surface area contributed by atoms with Crippen molar-refractivity contribution in [3.8, 4) is 0 Å². The first-order chi connectivity index (χ1) is 11.1. The maximum atomic E-state index is 12.9. The lowest BCUT2D eigenvalue weighted by Crippen LogP contribution is -2.59. The Morgan fingerprint density at radius 1 is 1.28 bits per heavy atom. The van der Waals surface area contributed by atoms with Crippen LogP contribution in [0.5, 0.6) is 0 Å². The molecule has 142 valence electrons. The molecule has 1 saturated carbocycles. The van der Waals surface area contributed by atoms with Crippen LogP contribution < -0.4 is 5.32 Å². The maximum absolute atomic E-state index is 12.9. The summed E-state index contributed by atoms with van der Waals surface area (Å²) in [5.74, 6) is -1.91. The summed E-state index contributed by atoms with van der Waals surface area (Å²) >= 11 is 4.36. The van der Waals surface area contributed by atoms with Crippen LogP contribution >= 0.6 is 12.2 Å². The Hall–Kier alpha value is -1.38. The lowest BCUT2D eigenvalue weighted by atomic mass is 9.85. The number of aliphatic carboxylic acids is 1. The van der Waals surface area contributed by atoms with Gasteiger partial charge in [-0.25, -0.2) is 4.79 Å². The number of nitrogens with zero attached hydrogens (tertiary/aromatic N) is 1. The molecule has 0 radical (unpaired) electrons. The molecule has 2 rings (SSSR count). The number of hydrogen-bond acceptors (Lipinski definition) is 3. The van der Waals surface area contributed by atoms with Crippen molar-refractivity contribution in [2.75, 3.05) is 6.54 Å². The molecule has 0 aromatic rings. The third-order valence-electron chi connectivity index (χ3n) is 5.39. The van der Waals surface area contributed by atoms with Crippen LogP contribution in [0, 0.1) is 22.7 Å². The number of hydrogen-bond donors (Lipinski definition) is 2. The number of fused-ring (bicyclic) bond motifs is 1. The van der Waals surface area contributed by atoms with Gasteiger partial charge in [-0.3, -0.25) is 4.79 Å². The summed E-state index contributed by atoms with van der Waals surface area (Å²) in [6, 6.07) is -2.28. The van der Waals surface area contributed by atoms with Crippen molar-refractivity contribution in [3.05, 3.63) is 0 Å². The third kappa shape index (κ3) is 3.47. The molecule has 4 atom stereocenters. The molecule has 1 amide bonds. The highest BCUT2D eigenvalue weighted by atomic mass is 32.1. The van der Waals surface area contributed by atoms with Gasteiger partial charge in [-0.15, -0.1) is 0 Å². The number of alkyl halides is 3. The summed E-state index contributed by atoms with van der Waals surface area (Å²) in [6.07, 6.45) is -4.75. The lowest BCUT2D eigenvalue weighted by molar-refractivity contribution is -0.152. The van der Waals surface area contributed by atoms with E-state index in [4.69, 9.17) is 0 Å². The van der Waals surface area contributed by atoms with Gasteiger partial charge in [-0.05, 0) is 16.7 Å². The van der Waals surface area contributed by atoms with Crippen LogP contribution in [0.3, 0.4) is 0 Å². The van der Waals surface area contributed by atoms with Gasteiger partial charge in [0.1, 0.15) is 12.1 Å². The molecule has 25 heavy (non-hydrogen) atoms. The van der Waals surface area contributed by atoms with Gasteiger partial charge in [0.25, 0.3) is 0 Å². The summed E-state index contributed by atoms with van der Waals surface area (Å²) in [5, 5.41) is 11.6. The molecule has 1 saturated heterocycles. The molecule has 1 heterocycles. The van der Waals surface area contributed by atoms with Crippen molar-refractivity contribution >= 4 is 29.1 Å². The summed E-state index contributed by atoms with van der Waals surface area (Å²) < 4.78 is 38.4. The molecule has 0 aromatic heterocycles. The monoisotopic (exact) mass is 380 g/mol. The zero-order chi connectivity index (χ0) is 19.5. The van der Waals surface area contributed by atoms with E-state index >= 15 is 0 Å². The molecular formula is C16H23F3N2O3S. The van der Waals surface area contributed by atoms with E-state index in [0.29, 0.717) is 0 Å². The topological polar surface area (TPSA) is 69.6 Å². The van der Waals surface area contributed by atoms with Crippen molar-refractivity contribution in [2.45, 2.75) is 52.9 Å². The molecule has 1 aliphatic carbocycles. The highest BCUT2D eigenvalue weighted by molar-refractivity contribution is 7.80. The lowest BCUT2D eigenvalue weighted by Gasteiger charge is -2.37. The number of carboxylic acid groups (broad SMARTS) is 1. The number of thiocarbonyl (C=S) groups is 1. The predicted octanol–water partition coefficient (Wildman–Crippen LogP) is 2.45. The number of carbonyl (C=O) groups is 2. The summed E-state index contributed by atoms with van der Waals surface area (Å²) in [4.78, 5) is 24.4. The number of carboxylic acids is 1. The minimum atomic E-state index is -4.75. The Balaban J connectivity index is 2.26. The quantitative estimate of drug-likeness (QED) is 0.736. The van der Waals surface area contributed by atoms with E-state index in [1.54, 1.807) is 20.8 Å². The van der Waals surface area contributed by atoms with Crippen LogP contribution in [-0.4, -0.2) is 51.7 Å². The Morgan fingerprint density at radius 3 is 2.20 bits per heavy atom. The first-order valence-corrected chi connectivity index (χ1v) is 8.42. The molecule has 2 fully saturated rings. The van der Waals surface area contributed by atoms with E-state index in [9.17, 15) is 27.9 Å². The third-order valence-corrected chi connectivity index (χ3v) is 5.74. The molecular weight excluding hydrogens is 357 g/mol. The average molecular weight is 380 g/mol. The van der Waals surface area contributed by atoms with Crippen molar-refractivity contribution < 1.29 is 27.9 Å². The highest BCUT2D eigenvalue weighted by Gasteiger charge is 2.70. The van der Waals surface area contributed by atoms with Crippen LogP contribution in [0.4, 0.5) is 13.2 Å². The second-order valence-corrected chi connectivity index (χ2v) is 8.91. The van der Waals surface area contributed by atoms with E-state index in [0.717, 1.165) is 0 Å². The van der Waals surface area contributed by atoms with Crippen molar-refractivity contribution in [2.24, 2.45) is 22.7 Å². The van der Waals surface area contributed by atoms with Crippen LogP contribution in [-0.2, 0) is 9.59 Å². The fraction of sp³-hybridized carbons (Fsp3) is 0.812. The van der Waals surface area contributed by atoms with Gasteiger partial charge < -0.3 is 15.3 Å². The SMILES string of the molecule is CC(C)(C)C(NC(=S)C(F)(F)F)C(=O)N1C[C@H]2[C@@H]([C@H]1C(=O)O)C2(C)C. The van der Waals surface area contributed by atoms with Gasteiger partial charge in [0.05, 0.1) is 0 Å². The van der Waals surface area contributed by atoms with Gasteiger partial charge in [0, 0.05) is 12.5 Å². The number of piperidine rings is 1. The Labute approximate surface area is 149 Å². The normalized spacial score (nSPS) is 29.0. The average Bonchev–Trinajstić information content (AvgIpc) is 2.82. The molecule has 1 aliphatic heterocycles. The molecule has 5 nitrogen and oxygen atoms in total. The summed E-state index contributed by atoms with van der Waals surface area (Å²) in [6.45, 7) is 8.95. The predicted molar refractivity (Wildman–Crippen MR) is 88.9 cm³/mol. The molecule has 1 unspecified atom stereocenters. The highest BCUT2D eigenvalue weighted by Crippen LogP contribution is 2.65. The van der Waals surface area contributed by atoms with E-state index in [2.05, 4.69) is 17.5 Å². The molecule has 0 aromatic carbocycles. The Morgan fingerprint density at radius 2 is 1.80 bits per heavy atom. The van der Waals surface area contributed by atoms with Gasteiger partial charge in [-0.1, -0.05) is 46.8 Å². The van der Waals surface area contributed by atoms with Gasteiger partial charge in [-0.2, -0.15) is 13.2 Å². The number of nitrogens with one attached hydrogen (secondary N) is 1. The second-order valence-electron chi connectivity index (χ2n) is 8.50. The van der Waals surface area contributed by atoms with Crippen molar-refractivity contribution in [3.63, 3.8) is 0 Å². The zero-order valence-corrected chi connectivity index (χ0v) is 15.6. The second kappa shape index (κ2) is 5.82. The van der Waals surface area contributed by atoms with Crippen LogP contribution in [0.15, 0.2) is 0 Å². The van der Waals surface area contributed by atoms with Gasteiger partial charge >= 0.3 is 12.1 Å². The zero-order valence-electron chi connectivity index (χ0n) is 14.8. The number of rotatable bonds is 3. The maximum Gasteiger partial charge on any atom is 0.441 e. The smallest absolute Gasteiger partial charge is 0.441 e. The van der Waals surface area contributed by atoms with Crippen molar-refractivity contribution in [1.82, 2.24) is 10.2 Å². The summed E-state index contributed by atoms with van der Waals surface area (Å²) in [7, 11) is 0. The molecule has 2 aliphatic rings. The number of amides is 1. The standard InChI is InChI=1S/C16H23F3N2O3S/c1-14(2,3)10(20-13(25)16(17,18)19)11(22)21-6-7-8(15(7,4)5)9(21)12(23)24/h7-10H,6H2,1-5H3,(H,20,25)(H,23,24)/t7-,8-,9-,10?/m0/s1. The minimum Gasteiger partial charge on any atom is -0.480 e. The summed E-state index contributed by atoms with van der Waals surface area (Å²) in [5.41, 5.74) is -1.05. The molecule has 0 bridgehead atoms. The van der Waals surface area contributed by atoms with E-state index in [1.165, 1.54) is 4.90 Å². The Kier molecular flexibility index (Phi) is 4.64. The van der Waals surface area contributed by atoms with Crippen LogP contribution in [0.25, 0.3) is 0 Å². The first kappa shape index (κ1) is 19.9. The fourth-order valence-corrected chi connectivity index (χ4v) is 3.94. The van der Waals surface area contributed by atoms with Gasteiger partial charge in [0.15, 0.2) is 4.99 Å². The largest absolute Gasteiger partial charge is 0.480 e. The number of carbonyl (C=O) groups excluding carboxylic acids is 1. The molecule has 2 N–H and O–H groups in total. The number of likely N-dealkylation sites (tertiary alicyclic amines) is 1. The molecule has 9 heteroatoms. The first-order valence-electron chi connectivity index (χ1n) is 8.01. The number of halogens is 3. The van der Waals surface area contributed by atoms with Crippen LogP contribution in [0.2, 0.25) is 0 Å².